The second-order valence-corrected chi connectivity index (χ2v) is 10.1. The Hall–Kier alpha value is -3.52. The average Bonchev–Trinajstić information content (AvgIpc) is 3.60. The molecule has 2 aromatic heterocycles. The SMILES string of the molecule is C=Cc1cccc(CCCN(Cc2nc(C(=O)O)c(C)s2)C(=O)C2(c3ccc(OC)cn3)CC2)c1. The first-order valence-electron chi connectivity index (χ1n) is 11.6. The zero-order valence-corrected chi connectivity index (χ0v) is 20.8. The van der Waals surface area contributed by atoms with E-state index in [0.29, 0.717) is 22.2 Å². The highest BCUT2D eigenvalue weighted by molar-refractivity contribution is 7.11. The van der Waals surface area contributed by atoms with Crippen molar-refractivity contribution in [3.63, 3.8) is 0 Å². The number of nitrogens with zero attached hydrogens (tertiary/aromatic N) is 3. The first-order valence-corrected chi connectivity index (χ1v) is 12.4. The number of ether oxygens (including phenoxy) is 1. The molecular formula is C27H29N3O4S. The Bertz CT molecular complexity index is 1230. The topological polar surface area (TPSA) is 92.6 Å². The highest BCUT2D eigenvalue weighted by Crippen LogP contribution is 2.49. The number of carbonyl (C=O) groups excluding carboxylic acids is 1. The number of amides is 1. The fraction of sp³-hybridized carbons (Fsp3) is 0.333. The predicted molar refractivity (Wildman–Crippen MR) is 136 cm³/mol. The lowest BCUT2D eigenvalue weighted by Crippen LogP contribution is -2.40. The van der Waals surface area contributed by atoms with Crippen LogP contribution in [-0.2, 0) is 23.2 Å². The molecule has 4 rings (SSSR count). The van der Waals surface area contributed by atoms with Gasteiger partial charge in [-0.15, -0.1) is 11.3 Å². The molecule has 182 valence electrons. The Morgan fingerprint density at radius 1 is 1.29 bits per heavy atom. The standard InChI is InChI=1S/C27H29N3O4S/c1-4-19-7-5-8-20(15-19)9-6-14-30(17-23-29-24(25(31)32)18(2)35-23)26(33)27(12-13-27)22-11-10-21(34-3)16-28-22/h4-5,7-8,10-11,15-16H,1,6,9,12-14,17H2,2-3H3,(H,31,32). The highest BCUT2D eigenvalue weighted by Gasteiger charge is 2.54. The molecule has 8 heteroatoms. The van der Waals surface area contributed by atoms with Crippen molar-refractivity contribution in [2.45, 2.75) is 44.6 Å². The summed E-state index contributed by atoms with van der Waals surface area (Å²) in [4.78, 5) is 36.6. The summed E-state index contributed by atoms with van der Waals surface area (Å²) >= 11 is 1.33. The van der Waals surface area contributed by atoms with Crippen molar-refractivity contribution >= 4 is 29.3 Å². The van der Waals surface area contributed by atoms with Crippen molar-refractivity contribution in [3.05, 3.63) is 81.6 Å². The minimum absolute atomic E-state index is 0.0136. The van der Waals surface area contributed by atoms with Gasteiger partial charge in [-0.2, -0.15) is 0 Å². The molecule has 1 aliphatic rings. The van der Waals surface area contributed by atoms with E-state index >= 15 is 0 Å². The van der Waals surface area contributed by atoms with E-state index in [1.165, 1.54) is 16.9 Å². The van der Waals surface area contributed by atoms with Crippen LogP contribution in [0.2, 0.25) is 0 Å². The molecule has 1 aliphatic carbocycles. The Balaban J connectivity index is 1.55. The molecule has 35 heavy (non-hydrogen) atoms. The summed E-state index contributed by atoms with van der Waals surface area (Å²) in [6, 6.07) is 11.9. The molecule has 0 radical (unpaired) electrons. The Morgan fingerprint density at radius 3 is 2.69 bits per heavy atom. The van der Waals surface area contributed by atoms with Crippen molar-refractivity contribution in [1.82, 2.24) is 14.9 Å². The van der Waals surface area contributed by atoms with Crippen LogP contribution in [0.3, 0.4) is 0 Å². The second-order valence-electron chi connectivity index (χ2n) is 8.76. The summed E-state index contributed by atoms with van der Waals surface area (Å²) in [6.07, 6.45) is 6.53. The van der Waals surface area contributed by atoms with Gasteiger partial charge in [0.25, 0.3) is 0 Å². The molecule has 3 aromatic rings. The molecule has 1 fully saturated rings. The summed E-state index contributed by atoms with van der Waals surface area (Å²) in [5.74, 6) is -0.388. The maximum absolute atomic E-state index is 13.9. The minimum Gasteiger partial charge on any atom is -0.495 e. The molecule has 0 aliphatic heterocycles. The van der Waals surface area contributed by atoms with Gasteiger partial charge in [-0.3, -0.25) is 9.78 Å². The Morgan fingerprint density at radius 2 is 2.09 bits per heavy atom. The van der Waals surface area contributed by atoms with Crippen molar-refractivity contribution in [3.8, 4) is 5.75 Å². The summed E-state index contributed by atoms with van der Waals surface area (Å²) in [6.45, 7) is 6.39. The minimum atomic E-state index is -1.05. The van der Waals surface area contributed by atoms with E-state index in [-0.39, 0.29) is 18.1 Å². The molecule has 7 nitrogen and oxygen atoms in total. The number of benzene rings is 1. The average molecular weight is 492 g/mol. The summed E-state index contributed by atoms with van der Waals surface area (Å²) in [7, 11) is 1.59. The van der Waals surface area contributed by atoms with Gasteiger partial charge in [0.05, 0.1) is 31.0 Å². The Kier molecular flexibility index (Phi) is 7.31. The van der Waals surface area contributed by atoms with Crippen molar-refractivity contribution in [2.24, 2.45) is 0 Å². The van der Waals surface area contributed by atoms with Crippen LogP contribution in [0.5, 0.6) is 5.75 Å². The number of carbonyl (C=O) groups is 2. The quantitative estimate of drug-likeness (QED) is 0.411. The molecular weight excluding hydrogens is 462 g/mol. The number of methoxy groups -OCH3 is 1. The molecule has 0 bridgehead atoms. The van der Waals surface area contributed by atoms with Gasteiger partial charge in [-0.1, -0.05) is 36.9 Å². The highest BCUT2D eigenvalue weighted by atomic mass is 32.1. The lowest BCUT2D eigenvalue weighted by Gasteiger charge is -2.27. The van der Waals surface area contributed by atoms with Gasteiger partial charge in [0.15, 0.2) is 5.69 Å². The number of hydrogen-bond acceptors (Lipinski definition) is 6. The molecule has 0 unspecified atom stereocenters. The van der Waals surface area contributed by atoms with Gasteiger partial charge in [0.1, 0.15) is 10.8 Å². The van der Waals surface area contributed by atoms with E-state index in [0.717, 1.165) is 36.9 Å². The molecule has 1 amide bonds. The lowest BCUT2D eigenvalue weighted by molar-refractivity contribution is -0.134. The van der Waals surface area contributed by atoms with Crippen molar-refractivity contribution in [1.29, 1.82) is 0 Å². The number of pyridine rings is 1. The number of aromatic carboxylic acids is 1. The van der Waals surface area contributed by atoms with Gasteiger partial charge in [-0.05, 0) is 55.9 Å². The van der Waals surface area contributed by atoms with Crippen LogP contribution in [0, 0.1) is 6.92 Å². The smallest absolute Gasteiger partial charge is 0.355 e. The first kappa shape index (κ1) is 24.6. The molecule has 2 heterocycles. The van der Waals surface area contributed by atoms with E-state index in [1.807, 2.05) is 35.2 Å². The summed E-state index contributed by atoms with van der Waals surface area (Å²) in [5, 5.41) is 10.0. The van der Waals surface area contributed by atoms with Crippen LogP contribution >= 0.6 is 11.3 Å². The van der Waals surface area contributed by atoms with E-state index in [4.69, 9.17) is 4.74 Å². The van der Waals surface area contributed by atoms with Gasteiger partial charge in [0.2, 0.25) is 5.91 Å². The molecule has 1 aromatic carbocycles. The zero-order valence-electron chi connectivity index (χ0n) is 20.0. The lowest BCUT2D eigenvalue weighted by atomic mass is 9.99. The van der Waals surface area contributed by atoms with Crippen molar-refractivity contribution < 1.29 is 19.4 Å². The third kappa shape index (κ3) is 5.43. The van der Waals surface area contributed by atoms with E-state index in [9.17, 15) is 14.7 Å². The van der Waals surface area contributed by atoms with E-state index < -0.39 is 11.4 Å². The van der Waals surface area contributed by atoms with E-state index in [2.05, 4.69) is 28.7 Å². The molecule has 0 saturated heterocycles. The number of hydrogen-bond donors (Lipinski definition) is 1. The van der Waals surface area contributed by atoms with Gasteiger partial charge < -0.3 is 14.7 Å². The molecule has 0 atom stereocenters. The number of rotatable bonds is 11. The van der Waals surface area contributed by atoms with Gasteiger partial charge in [0, 0.05) is 11.4 Å². The van der Waals surface area contributed by atoms with Crippen LogP contribution in [0.1, 0.15) is 56.5 Å². The van der Waals surface area contributed by atoms with Crippen LogP contribution in [0.15, 0.2) is 49.2 Å². The predicted octanol–water partition coefficient (Wildman–Crippen LogP) is 4.89. The largest absolute Gasteiger partial charge is 0.495 e. The van der Waals surface area contributed by atoms with Crippen LogP contribution in [-0.4, -0.2) is 45.5 Å². The van der Waals surface area contributed by atoms with Crippen LogP contribution in [0.25, 0.3) is 6.08 Å². The number of thiazole rings is 1. The fourth-order valence-corrected chi connectivity index (χ4v) is 5.21. The second kappa shape index (κ2) is 10.4. The first-order chi connectivity index (χ1) is 16.9. The number of aryl methyl sites for hydroxylation is 2. The maximum Gasteiger partial charge on any atom is 0.355 e. The number of carboxylic acid groups (broad SMARTS) is 1. The molecule has 1 saturated carbocycles. The van der Waals surface area contributed by atoms with Crippen LogP contribution < -0.4 is 4.74 Å². The molecule has 0 spiro atoms. The van der Waals surface area contributed by atoms with Gasteiger partial charge in [-0.25, -0.2) is 9.78 Å². The van der Waals surface area contributed by atoms with E-state index in [1.54, 1.807) is 20.2 Å². The molecule has 1 N–H and O–H groups in total. The Labute approximate surface area is 209 Å². The van der Waals surface area contributed by atoms with Gasteiger partial charge >= 0.3 is 5.97 Å². The number of aromatic nitrogens is 2. The third-order valence-corrected chi connectivity index (χ3v) is 7.31. The fourth-order valence-electron chi connectivity index (χ4n) is 4.27. The summed E-state index contributed by atoms with van der Waals surface area (Å²) < 4.78 is 5.21. The maximum atomic E-state index is 13.9. The monoisotopic (exact) mass is 491 g/mol. The van der Waals surface area contributed by atoms with Crippen LogP contribution in [0.4, 0.5) is 0 Å². The third-order valence-electron chi connectivity index (χ3n) is 6.36. The van der Waals surface area contributed by atoms with Crippen molar-refractivity contribution in [2.75, 3.05) is 13.7 Å². The normalized spacial score (nSPS) is 13.8. The zero-order chi connectivity index (χ0) is 25.0. The summed E-state index contributed by atoms with van der Waals surface area (Å²) in [5.41, 5.74) is 2.41. The number of carboxylic acids is 1.